The molecule has 30 heavy (non-hydrogen) atoms. The Bertz CT molecular complexity index is 992. The van der Waals surface area contributed by atoms with E-state index in [0.29, 0.717) is 29.0 Å². The van der Waals surface area contributed by atoms with Gasteiger partial charge in [-0.1, -0.05) is 23.7 Å². The van der Waals surface area contributed by atoms with Crippen molar-refractivity contribution in [2.24, 2.45) is 4.99 Å². The molecule has 0 aliphatic carbocycles. The van der Waals surface area contributed by atoms with Crippen LogP contribution in [0.5, 0.6) is 11.5 Å². The lowest BCUT2D eigenvalue weighted by Gasteiger charge is -2.22. The number of aliphatic imine (C=N–C) groups is 1. The number of rotatable bonds is 5. The van der Waals surface area contributed by atoms with E-state index in [1.54, 1.807) is 6.20 Å². The minimum atomic E-state index is 0.206. The summed E-state index contributed by atoms with van der Waals surface area (Å²) >= 11 is 5.98. The van der Waals surface area contributed by atoms with Gasteiger partial charge >= 0.3 is 0 Å². The van der Waals surface area contributed by atoms with Crippen molar-refractivity contribution in [2.45, 2.75) is 13.5 Å². The number of aryl methyl sites for hydroxylation is 1. The molecule has 0 radical (unpaired) electrons. The van der Waals surface area contributed by atoms with Crippen molar-refractivity contribution < 1.29 is 14.5 Å². The number of nitrogens with one attached hydrogen (secondary N) is 1. The molecule has 0 amide bonds. The Labute approximate surface area is 179 Å². The van der Waals surface area contributed by atoms with Gasteiger partial charge in [0.05, 0.1) is 11.9 Å². The lowest BCUT2D eigenvalue weighted by atomic mass is 10.2. The quantitative estimate of drug-likeness (QED) is 0.594. The Kier molecular flexibility index (Phi) is 6.44. The first-order valence-corrected chi connectivity index (χ1v) is 9.80. The van der Waals surface area contributed by atoms with Gasteiger partial charge in [0, 0.05) is 17.3 Å². The number of nitrogens with zero attached hydrogens (tertiary/aromatic N) is 3. The van der Waals surface area contributed by atoms with Crippen LogP contribution in [0.1, 0.15) is 11.3 Å². The lowest BCUT2D eigenvalue weighted by Crippen LogP contribution is -2.39. The molecule has 0 bridgehead atoms. The Morgan fingerprint density at radius 2 is 1.80 bits per heavy atom. The molecular weight excluding hydrogens is 404 g/mol. The average molecular weight is 425 g/mol. The number of guanidine groups is 1. The molecule has 0 saturated carbocycles. The standard InChI is InChI=1S/C22H21ClN4O3/c1-16-2-9-21(12-24-16)30-20-10-7-19(8-11-20)26-22-25-14-28-29-15-27(22)13-17-3-5-18(23)6-4-17/h2-12H,13-15H2,1H3,(H,25,26). The lowest BCUT2D eigenvalue weighted by molar-refractivity contribution is -0.305. The monoisotopic (exact) mass is 424 g/mol. The van der Waals surface area contributed by atoms with Crippen molar-refractivity contribution in [2.75, 3.05) is 13.5 Å². The third-order valence-corrected chi connectivity index (χ3v) is 4.61. The number of pyridine rings is 1. The zero-order valence-electron chi connectivity index (χ0n) is 16.4. The van der Waals surface area contributed by atoms with Gasteiger partial charge < -0.3 is 15.0 Å². The third kappa shape index (κ3) is 5.48. The Morgan fingerprint density at radius 3 is 2.53 bits per heavy atom. The zero-order chi connectivity index (χ0) is 20.8. The second-order valence-electron chi connectivity index (χ2n) is 6.68. The molecule has 0 atom stereocenters. The first-order chi connectivity index (χ1) is 14.7. The van der Waals surface area contributed by atoms with Gasteiger partial charge in [-0.3, -0.25) is 4.98 Å². The molecule has 1 aliphatic rings. The molecule has 0 spiro atoms. The van der Waals surface area contributed by atoms with E-state index in [1.807, 2.05) is 72.5 Å². The van der Waals surface area contributed by atoms with E-state index in [2.05, 4.69) is 10.3 Å². The largest absolute Gasteiger partial charge is 0.456 e. The minimum Gasteiger partial charge on any atom is -0.456 e. The highest BCUT2D eigenvalue weighted by Gasteiger charge is 2.16. The Morgan fingerprint density at radius 1 is 1.03 bits per heavy atom. The Balaban J connectivity index is 1.48. The van der Waals surface area contributed by atoms with Gasteiger partial charge in [-0.2, -0.15) is 0 Å². The fraction of sp³-hybridized carbons (Fsp3) is 0.182. The summed E-state index contributed by atoms with van der Waals surface area (Å²) in [7, 11) is 0. The summed E-state index contributed by atoms with van der Waals surface area (Å²) in [5, 5.41) is 3.83. The number of halogens is 1. The molecule has 1 saturated heterocycles. The molecule has 2 aromatic carbocycles. The van der Waals surface area contributed by atoms with Gasteiger partial charge in [0.1, 0.15) is 11.5 Å². The van der Waals surface area contributed by atoms with Crippen LogP contribution in [0, 0.1) is 6.92 Å². The van der Waals surface area contributed by atoms with Crippen molar-refractivity contribution in [3.05, 3.63) is 83.1 Å². The maximum Gasteiger partial charge on any atom is 0.203 e. The van der Waals surface area contributed by atoms with Gasteiger partial charge in [-0.15, -0.1) is 0 Å². The zero-order valence-corrected chi connectivity index (χ0v) is 17.2. The topological polar surface area (TPSA) is 68.2 Å². The van der Waals surface area contributed by atoms with Crippen LogP contribution >= 0.6 is 11.6 Å². The molecule has 3 aromatic rings. The molecule has 8 heteroatoms. The molecule has 2 heterocycles. The van der Waals surface area contributed by atoms with Gasteiger partial charge in [0.2, 0.25) is 5.96 Å². The van der Waals surface area contributed by atoms with Crippen molar-refractivity contribution in [1.82, 2.24) is 15.2 Å². The summed E-state index contributed by atoms with van der Waals surface area (Å²) in [6.45, 7) is 2.98. The normalized spacial score (nSPS) is 15.5. The maximum absolute atomic E-state index is 5.98. The molecule has 1 aliphatic heterocycles. The van der Waals surface area contributed by atoms with Gasteiger partial charge in [-0.25, -0.2) is 14.8 Å². The summed E-state index contributed by atoms with van der Waals surface area (Å²) < 4.78 is 5.82. The third-order valence-electron chi connectivity index (χ3n) is 4.36. The van der Waals surface area contributed by atoms with Crippen molar-refractivity contribution in [3.8, 4) is 11.5 Å². The van der Waals surface area contributed by atoms with Crippen LogP contribution in [-0.4, -0.2) is 29.3 Å². The Hall–Kier alpha value is -3.13. The van der Waals surface area contributed by atoms with Gasteiger partial charge in [-0.05, 0) is 61.0 Å². The maximum atomic E-state index is 5.98. The predicted molar refractivity (Wildman–Crippen MR) is 115 cm³/mol. The molecule has 1 N–H and O–H groups in total. The first-order valence-electron chi connectivity index (χ1n) is 9.43. The first kappa shape index (κ1) is 20.2. The number of aromatic nitrogens is 1. The van der Waals surface area contributed by atoms with E-state index < -0.39 is 0 Å². The highest BCUT2D eigenvalue weighted by molar-refractivity contribution is 6.30. The van der Waals surface area contributed by atoms with E-state index in [1.165, 1.54) is 0 Å². The second-order valence-corrected chi connectivity index (χ2v) is 7.11. The van der Waals surface area contributed by atoms with Crippen LogP contribution in [0.25, 0.3) is 0 Å². The molecule has 154 valence electrons. The summed E-state index contributed by atoms with van der Waals surface area (Å²) in [6.07, 6.45) is 1.70. The summed E-state index contributed by atoms with van der Waals surface area (Å²) in [6, 6.07) is 19.0. The van der Waals surface area contributed by atoms with Crippen molar-refractivity contribution in [1.29, 1.82) is 0 Å². The fourth-order valence-corrected chi connectivity index (χ4v) is 2.94. The van der Waals surface area contributed by atoms with E-state index in [-0.39, 0.29) is 13.5 Å². The number of hydrogen-bond donors (Lipinski definition) is 1. The number of ether oxygens (including phenoxy) is 1. The fourth-order valence-electron chi connectivity index (χ4n) is 2.81. The summed E-state index contributed by atoms with van der Waals surface area (Å²) in [4.78, 5) is 21.1. The highest BCUT2D eigenvalue weighted by Crippen LogP contribution is 2.24. The molecule has 7 nitrogen and oxygen atoms in total. The van der Waals surface area contributed by atoms with E-state index in [0.717, 1.165) is 16.9 Å². The van der Waals surface area contributed by atoms with Crippen LogP contribution in [0.3, 0.4) is 0 Å². The smallest absolute Gasteiger partial charge is 0.203 e. The van der Waals surface area contributed by atoms with E-state index >= 15 is 0 Å². The van der Waals surface area contributed by atoms with E-state index in [9.17, 15) is 0 Å². The van der Waals surface area contributed by atoms with Crippen LogP contribution < -0.4 is 10.1 Å². The van der Waals surface area contributed by atoms with Crippen LogP contribution in [-0.2, 0) is 16.3 Å². The molecule has 0 unspecified atom stereocenters. The van der Waals surface area contributed by atoms with Crippen LogP contribution in [0.2, 0.25) is 5.02 Å². The minimum absolute atomic E-state index is 0.206. The molecular formula is C22H21ClN4O3. The average Bonchev–Trinajstić information content (AvgIpc) is 2.98. The predicted octanol–water partition coefficient (Wildman–Crippen LogP) is 4.79. The number of hydrogen-bond acceptors (Lipinski definition) is 5. The van der Waals surface area contributed by atoms with Crippen molar-refractivity contribution in [3.63, 3.8) is 0 Å². The molecule has 4 rings (SSSR count). The second kappa shape index (κ2) is 9.58. The van der Waals surface area contributed by atoms with Crippen LogP contribution in [0.15, 0.2) is 71.9 Å². The van der Waals surface area contributed by atoms with Gasteiger partial charge in [0.15, 0.2) is 13.5 Å². The highest BCUT2D eigenvalue weighted by atomic mass is 35.5. The molecule has 1 aromatic heterocycles. The van der Waals surface area contributed by atoms with E-state index in [4.69, 9.17) is 31.1 Å². The van der Waals surface area contributed by atoms with Crippen molar-refractivity contribution >= 4 is 23.2 Å². The van der Waals surface area contributed by atoms with Crippen LogP contribution in [0.4, 0.5) is 5.69 Å². The SMILES string of the molecule is Cc1ccc(Oc2ccc(/N=C3\NCOOCN3Cc3ccc(Cl)cc3)cc2)cn1. The summed E-state index contributed by atoms with van der Waals surface area (Å²) in [5.74, 6) is 2.05. The van der Waals surface area contributed by atoms with Gasteiger partial charge in [0.25, 0.3) is 0 Å². The number of benzene rings is 2. The molecule has 1 fully saturated rings. The summed E-state index contributed by atoms with van der Waals surface area (Å²) in [5.41, 5.74) is 2.80.